The number of hydrogen-bond acceptors (Lipinski definition) is 11. The van der Waals surface area contributed by atoms with Crippen molar-refractivity contribution < 1.29 is 48.0 Å². The number of ether oxygens (including phenoxy) is 5. The number of methoxy groups -OCH3 is 2. The Labute approximate surface area is 317 Å². The lowest BCUT2D eigenvalue weighted by atomic mass is 9.83. The van der Waals surface area contributed by atoms with Crippen molar-refractivity contribution in [2.75, 3.05) is 53.4 Å². The maximum absolute atomic E-state index is 14.1. The summed E-state index contributed by atoms with van der Waals surface area (Å²) in [6.45, 7) is 10.3. The van der Waals surface area contributed by atoms with Crippen LogP contribution < -0.4 is 15.0 Å². The lowest BCUT2D eigenvalue weighted by molar-refractivity contribution is -0.162. The lowest BCUT2D eigenvalue weighted by Gasteiger charge is -2.42. The smallest absolute Gasteiger partial charge is 0.409 e. The fourth-order valence-corrected chi connectivity index (χ4v) is 7.15. The first-order chi connectivity index (χ1) is 24.9. The molecule has 14 nitrogen and oxygen atoms in total. The van der Waals surface area contributed by atoms with Crippen molar-refractivity contribution in [1.29, 1.82) is 0 Å². The standard InChI is InChI=1S/C38H55ClN4O10/c1-11-41(6)16-15-31(44)42(7)24(4)35(46)52-30-20-32(45)43(8)26-18-25(19-27(49-9)33(26)39)17-22(2)13-12-14-29(50-10)38(48)21-28(51-36(47)40-38)23(3)34-37(30,5)53-34/h12-14,18-19,23-24,28-30,34,48H,11,15-17,20-21H2,1-10H3,(H,40,47)/b14-12+,22-13+/t23-,24+,28+,29-,30-,34+,37+,38+/m1/s1. The zero-order valence-electron chi connectivity index (χ0n) is 32.4. The molecule has 1 aromatic rings. The first-order valence-electron chi connectivity index (χ1n) is 17.9. The van der Waals surface area contributed by atoms with Gasteiger partial charge in [-0.25, -0.2) is 9.59 Å². The van der Waals surface area contributed by atoms with Gasteiger partial charge in [0.2, 0.25) is 11.8 Å². The third kappa shape index (κ3) is 9.52. The summed E-state index contributed by atoms with van der Waals surface area (Å²) in [6, 6.07) is 2.62. The van der Waals surface area contributed by atoms with Crippen molar-refractivity contribution in [1.82, 2.24) is 15.1 Å². The summed E-state index contributed by atoms with van der Waals surface area (Å²) in [4.78, 5) is 58.5. The van der Waals surface area contributed by atoms with E-state index in [0.717, 1.165) is 17.7 Å². The molecule has 1 aromatic carbocycles. The van der Waals surface area contributed by atoms with Crippen LogP contribution in [0.15, 0.2) is 35.9 Å². The number of allylic oxidation sites excluding steroid dienone is 3. The Bertz CT molecular complexity index is 1600. The molecular formula is C38H55ClN4O10. The second-order valence-corrected chi connectivity index (χ2v) is 14.9. The maximum atomic E-state index is 14.1. The van der Waals surface area contributed by atoms with Gasteiger partial charge in [0.25, 0.3) is 0 Å². The molecule has 0 aromatic heterocycles. The van der Waals surface area contributed by atoms with Crippen molar-refractivity contribution in [2.45, 2.75) is 102 Å². The van der Waals surface area contributed by atoms with E-state index >= 15 is 0 Å². The molecular weight excluding hydrogens is 708 g/mol. The van der Waals surface area contributed by atoms with E-state index in [2.05, 4.69) is 5.32 Å². The third-order valence-corrected chi connectivity index (χ3v) is 11.2. The molecule has 4 bridgehead atoms. The lowest BCUT2D eigenvalue weighted by Crippen LogP contribution is -2.63. The summed E-state index contributed by atoms with van der Waals surface area (Å²) in [6.07, 6.45) is 1.20. The summed E-state index contributed by atoms with van der Waals surface area (Å²) in [5.74, 6) is -1.52. The number of carbonyl (C=O) groups excluding carboxylic acids is 4. The van der Waals surface area contributed by atoms with Crippen molar-refractivity contribution in [3.05, 3.63) is 46.5 Å². The molecule has 0 unspecified atom stereocenters. The van der Waals surface area contributed by atoms with Gasteiger partial charge in [0.05, 0.1) is 25.3 Å². The van der Waals surface area contributed by atoms with Crippen molar-refractivity contribution in [3.63, 3.8) is 0 Å². The van der Waals surface area contributed by atoms with E-state index < -0.39 is 65.7 Å². The Morgan fingerprint density at radius 2 is 1.92 bits per heavy atom. The van der Waals surface area contributed by atoms with Crippen LogP contribution >= 0.6 is 11.6 Å². The van der Waals surface area contributed by atoms with Crippen molar-refractivity contribution in [2.24, 2.45) is 5.92 Å². The van der Waals surface area contributed by atoms with E-state index in [1.807, 2.05) is 31.9 Å². The minimum Gasteiger partial charge on any atom is -0.495 e. The summed E-state index contributed by atoms with van der Waals surface area (Å²) in [5, 5.41) is 14.5. The molecule has 8 atom stereocenters. The summed E-state index contributed by atoms with van der Waals surface area (Å²) >= 11 is 6.76. The highest BCUT2D eigenvalue weighted by molar-refractivity contribution is 6.35. The number of rotatable bonds is 9. The number of fused-ring (bicyclic) bond motifs is 5. The minimum atomic E-state index is -1.82. The molecule has 4 rings (SSSR count). The van der Waals surface area contributed by atoms with Crippen LogP contribution in [0.1, 0.15) is 59.4 Å². The molecule has 0 saturated carbocycles. The predicted molar refractivity (Wildman–Crippen MR) is 199 cm³/mol. The highest BCUT2D eigenvalue weighted by Gasteiger charge is 2.64. The minimum absolute atomic E-state index is 0.0468. The zero-order chi connectivity index (χ0) is 39.4. The predicted octanol–water partition coefficient (Wildman–Crippen LogP) is 3.86. The van der Waals surface area contributed by atoms with Crippen LogP contribution in [0.25, 0.3) is 0 Å². The molecule has 0 spiro atoms. The zero-order valence-corrected chi connectivity index (χ0v) is 33.2. The van der Waals surface area contributed by atoms with Gasteiger partial charge in [-0.1, -0.05) is 49.2 Å². The molecule has 2 fully saturated rings. The topological polar surface area (TPSA) is 160 Å². The number of nitrogens with zero attached hydrogens (tertiary/aromatic N) is 3. The number of carbonyl (C=O) groups is 4. The fraction of sp³-hybridized carbons (Fsp3) is 0.632. The highest BCUT2D eigenvalue weighted by Crippen LogP contribution is 2.49. The van der Waals surface area contributed by atoms with Crippen LogP contribution in [0.3, 0.4) is 0 Å². The van der Waals surface area contributed by atoms with Gasteiger partial charge in [-0.3, -0.25) is 14.9 Å². The van der Waals surface area contributed by atoms with Gasteiger partial charge in [0.15, 0.2) is 5.72 Å². The van der Waals surface area contributed by atoms with Crippen molar-refractivity contribution >= 4 is 41.2 Å². The van der Waals surface area contributed by atoms with Crippen LogP contribution in [0, 0.1) is 5.92 Å². The molecule has 3 aliphatic rings. The van der Waals surface area contributed by atoms with Crippen LogP contribution in [0.4, 0.5) is 10.5 Å². The van der Waals surface area contributed by atoms with Gasteiger partial charge < -0.3 is 43.5 Å². The Kier molecular flexibility index (Phi) is 13.6. The molecule has 3 amide bonds. The highest BCUT2D eigenvalue weighted by atomic mass is 35.5. The summed E-state index contributed by atoms with van der Waals surface area (Å²) in [7, 11) is 7.95. The van der Waals surface area contributed by atoms with Gasteiger partial charge in [-0.05, 0) is 58.5 Å². The number of hydrogen-bond donors (Lipinski definition) is 2. The molecule has 294 valence electrons. The molecule has 2 N–H and O–H groups in total. The van der Waals surface area contributed by atoms with Gasteiger partial charge in [-0.2, -0.15) is 0 Å². The second-order valence-electron chi connectivity index (χ2n) is 14.5. The van der Waals surface area contributed by atoms with Crippen LogP contribution in [-0.2, 0) is 39.8 Å². The number of nitrogens with one attached hydrogen (secondary N) is 1. The number of benzene rings is 1. The molecule has 3 heterocycles. The quantitative estimate of drug-likeness (QED) is 0.278. The van der Waals surface area contributed by atoms with Crippen LogP contribution in [-0.4, -0.2) is 129 Å². The average Bonchev–Trinajstić information content (AvgIpc) is 3.82. The Hall–Kier alpha value is -3.69. The number of halogens is 1. The average molecular weight is 763 g/mol. The van der Waals surface area contributed by atoms with Gasteiger partial charge in [0, 0.05) is 46.5 Å². The van der Waals surface area contributed by atoms with E-state index in [1.54, 1.807) is 59.2 Å². The largest absolute Gasteiger partial charge is 0.495 e. The number of aliphatic hydroxyl groups is 1. The monoisotopic (exact) mass is 762 g/mol. The van der Waals surface area contributed by atoms with Gasteiger partial charge in [0.1, 0.15) is 40.7 Å². The normalized spacial score (nSPS) is 31.3. The van der Waals surface area contributed by atoms with E-state index in [-0.39, 0.29) is 30.2 Å². The number of amides is 3. The maximum Gasteiger partial charge on any atom is 0.409 e. The first-order valence-corrected chi connectivity index (χ1v) is 18.3. The van der Waals surface area contributed by atoms with Gasteiger partial charge >= 0.3 is 12.1 Å². The van der Waals surface area contributed by atoms with Crippen LogP contribution in [0.2, 0.25) is 5.02 Å². The van der Waals surface area contributed by atoms with Crippen LogP contribution in [0.5, 0.6) is 5.75 Å². The Morgan fingerprint density at radius 3 is 2.57 bits per heavy atom. The van der Waals surface area contributed by atoms with Crippen molar-refractivity contribution in [3.8, 4) is 5.75 Å². The Balaban J connectivity index is 1.73. The molecule has 0 aliphatic carbocycles. The SMILES string of the molecule is CCN(C)CCC(=O)N(C)[C@@H](C)C(=O)O[C@@H]1CC(=O)N(C)c2cc(cc(OC)c2Cl)C/C(C)=C/C=C/[C@@H](OC)[C@@]2(O)C[C@H](OC(=O)N2)[C@@H](C)[C@@H]2O[C@@]12C. The molecule has 2 saturated heterocycles. The van der Waals surface area contributed by atoms with E-state index in [4.69, 9.17) is 35.3 Å². The van der Waals surface area contributed by atoms with E-state index in [0.29, 0.717) is 24.4 Å². The number of esters is 1. The molecule has 15 heteroatoms. The molecule has 3 aliphatic heterocycles. The number of epoxide rings is 1. The van der Waals surface area contributed by atoms with Gasteiger partial charge in [-0.15, -0.1) is 0 Å². The third-order valence-electron chi connectivity index (χ3n) is 10.8. The number of likely N-dealkylation sites (N-methyl/N-ethyl adjacent to an activating group) is 1. The summed E-state index contributed by atoms with van der Waals surface area (Å²) in [5.41, 5.74) is -0.894. The van der Waals surface area contributed by atoms with E-state index in [9.17, 15) is 24.3 Å². The van der Waals surface area contributed by atoms with E-state index in [1.165, 1.54) is 24.0 Å². The number of alkyl carbamates (subject to hydrolysis) is 1. The molecule has 0 radical (unpaired) electrons. The Morgan fingerprint density at radius 1 is 1.23 bits per heavy atom. The first kappa shape index (κ1) is 42.1. The fourth-order valence-electron chi connectivity index (χ4n) is 6.84. The summed E-state index contributed by atoms with van der Waals surface area (Å²) < 4.78 is 29.2. The molecule has 53 heavy (non-hydrogen) atoms. The second kappa shape index (κ2) is 17.2. The number of anilines is 1.